The van der Waals surface area contributed by atoms with Crippen molar-refractivity contribution in [1.82, 2.24) is 20.3 Å². The zero-order chi connectivity index (χ0) is 23.8. The van der Waals surface area contributed by atoms with E-state index in [1.54, 1.807) is 4.90 Å². The second-order valence-electron chi connectivity index (χ2n) is 7.41. The van der Waals surface area contributed by atoms with Crippen LogP contribution in [0.3, 0.4) is 0 Å². The number of fused-ring (bicyclic) bond motifs is 1. The summed E-state index contributed by atoms with van der Waals surface area (Å²) in [5.41, 5.74) is -1.74. The minimum atomic E-state index is -5.00. The van der Waals surface area contributed by atoms with Gasteiger partial charge in [0.25, 0.3) is 5.92 Å². The number of cyclic esters (lactones) is 1. The molecule has 0 radical (unpaired) electrons. The summed E-state index contributed by atoms with van der Waals surface area (Å²) in [4.78, 5) is 25.3. The lowest BCUT2D eigenvalue weighted by Crippen LogP contribution is -2.44. The fraction of sp³-hybridized carbons (Fsp3) is 0.474. The number of ether oxygens (including phenoxy) is 2. The Labute approximate surface area is 184 Å². The Bertz CT molecular complexity index is 1050. The number of nitrogens with zero attached hydrogens (tertiary/aromatic N) is 4. The highest BCUT2D eigenvalue weighted by Crippen LogP contribution is 2.45. The normalized spacial score (nSPS) is 19.0. The molecule has 178 valence electrons. The number of alkyl halides is 5. The van der Waals surface area contributed by atoms with Gasteiger partial charge in [0.1, 0.15) is 30.3 Å². The Kier molecular flexibility index (Phi) is 6.05. The zero-order valence-corrected chi connectivity index (χ0v) is 17.2. The predicted octanol–water partition coefficient (Wildman–Crippen LogP) is 2.85. The third kappa shape index (κ3) is 4.66. The van der Waals surface area contributed by atoms with Gasteiger partial charge in [-0.05, 0) is 12.1 Å². The van der Waals surface area contributed by atoms with Gasteiger partial charge in [0.2, 0.25) is 6.10 Å². The number of methoxy groups -OCH3 is 1. The van der Waals surface area contributed by atoms with Crippen LogP contribution in [0.4, 0.5) is 38.4 Å². The van der Waals surface area contributed by atoms with E-state index < -0.39 is 47.8 Å². The van der Waals surface area contributed by atoms with E-state index in [1.165, 1.54) is 6.07 Å². The number of aromatic nitrogens is 3. The summed E-state index contributed by atoms with van der Waals surface area (Å²) in [6.07, 6.45) is -8.11. The van der Waals surface area contributed by atoms with Crippen LogP contribution < -0.4 is 15.5 Å². The standard InChI is InChI=1S/C19H19F5N6O3/c1-32-8-18(20,21)10-6-11(28-12(7-10)30-4-2-25-3-5-30)14-13-15(19(22,23)24)33-17(31)29-16(13)27-9-26-14/h6-7,9,15,25H,2-5,8H2,1H3,(H,26,27,29,31)/t15-/m1/s1. The summed E-state index contributed by atoms with van der Waals surface area (Å²) in [5, 5.41) is 5.21. The zero-order valence-electron chi connectivity index (χ0n) is 17.2. The number of hydrogen-bond donors (Lipinski definition) is 2. The van der Waals surface area contributed by atoms with E-state index in [9.17, 15) is 26.7 Å². The van der Waals surface area contributed by atoms with Crippen LogP contribution in [-0.2, 0) is 15.4 Å². The van der Waals surface area contributed by atoms with E-state index in [1.807, 2.05) is 0 Å². The summed E-state index contributed by atoms with van der Waals surface area (Å²) >= 11 is 0. The summed E-state index contributed by atoms with van der Waals surface area (Å²) < 4.78 is 79.7. The van der Waals surface area contributed by atoms with Gasteiger partial charge >= 0.3 is 12.3 Å². The first-order valence-corrected chi connectivity index (χ1v) is 9.85. The van der Waals surface area contributed by atoms with Gasteiger partial charge in [0.05, 0.1) is 11.3 Å². The number of anilines is 2. The molecule has 4 rings (SSSR count). The Morgan fingerprint density at radius 2 is 1.91 bits per heavy atom. The van der Waals surface area contributed by atoms with Crippen LogP contribution in [0.5, 0.6) is 0 Å². The Balaban J connectivity index is 1.90. The maximum Gasteiger partial charge on any atom is 0.430 e. The third-order valence-electron chi connectivity index (χ3n) is 5.13. The van der Waals surface area contributed by atoms with E-state index in [0.29, 0.717) is 26.2 Å². The second-order valence-corrected chi connectivity index (χ2v) is 7.41. The van der Waals surface area contributed by atoms with Gasteiger partial charge in [-0.15, -0.1) is 0 Å². The molecule has 2 aliphatic rings. The van der Waals surface area contributed by atoms with Crippen molar-refractivity contribution < 1.29 is 36.2 Å². The number of carbonyl (C=O) groups is 1. The number of hydrogen-bond acceptors (Lipinski definition) is 8. The monoisotopic (exact) mass is 474 g/mol. The molecule has 0 spiro atoms. The first kappa shape index (κ1) is 23.0. The first-order valence-electron chi connectivity index (χ1n) is 9.85. The van der Waals surface area contributed by atoms with Crippen LogP contribution in [0, 0.1) is 0 Å². The maximum absolute atomic E-state index is 14.8. The van der Waals surface area contributed by atoms with Crippen LogP contribution in [0.1, 0.15) is 17.2 Å². The number of halogens is 5. The van der Waals surface area contributed by atoms with Crippen molar-refractivity contribution in [2.45, 2.75) is 18.2 Å². The maximum atomic E-state index is 14.8. The highest BCUT2D eigenvalue weighted by Gasteiger charge is 2.50. The molecule has 14 heteroatoms. The molecule has 0 aromatic carbocycles. The largest absolute Gasteiger partial charge is 0.431 e. The predicted molar refractivity (Wildman–Crippen MR) is 105 cm³/mol. The number of piperazine rings is 1. The van der Waals surface area contributed by atoms with Crippen molar-refractivity contribution >= 4 is 17.7 Å². The Hall–Kier alpha value is -3.13. The van der Waals surface area contributed by atoms with Crippen molar-refractivity contribution in [2.75, 3.05) is 50.1 Å². The molecule has 2 aromatic heterocycles. The van der Waals surface area contributed by atoms with Crippen molar-refractivity contribution in [3.05, 3.63) is 29.6 Å². The molecule has 2 aliphatic heterocycles. The average Bonchev–Trinajstić information content (AvgIpc) is 2.77. The van der Waals surface area contributed by atoms with E-state index in [2.05, 4.69) is 35.1 Å². The second kappa shape index (κ2) is 8.67. The molecule has 2 N–H and O–H groups in total. The van der Waals surface area contributed by atoms with Crippen LogP contribution >= 0.6 is 0 Å². The average molecular weight is 474 g/mol. The highest BCUT2D eigenvalue weighted by molar-refractivity contribution is 5.88. The first-order chi connectivity index (χ1) is 15.6. The summed E-state index contributed by atoms with van der Waals surface area (Å²) in [6, 6.07) is 2.14. The lowest BCUT2D eigenvalue weighted by molar-refractivity contribution is -0.206. The van der Waals surface area contributed by atoms with Crippen LogP contribution in [-0.4, -0.2) is 67.1 Å². The smallest absolute Gasteiger partial charge is 0.430 e. The molecule has 1 amide bonds. The molecular formula is C19H19F5N6O3. The molecule has 33 heavy (non-hydrogen) atoms. The Morgan fingerprint density at radius 1 is 1.18 bits per heavy atom. The SMILES string of the molecule is COCC(F)(F)c1cc(-c2ncnc3c2[C@H](C(F)(F)F)OC(=O)N3)nc(N2CCNCC2)c1. The minimum Gasteiger partial charge on any atom is -0.431 e. The summed E-state index contributed by atoms with van der Waals surface area (Å²) in [5.74, 6) is -3.73. The molecule has 0 unspecified atom stereocenters. The Morgan fingerprint density at radius 3 is 2.58 bits per heavy atom. The van der Waals surface area contributed by atoms with E-state index >= 15 is 0 Å². The van der Waals surface area contributed by atoms with E-state index in [4.69, 9.17) is 0 Å². The van der Waals surface area contributed by atoms with Crippen LogP contribution in [0.2, 0.25) is 0 Å². The lowest BCUT2D eigenvalue weighted by atomic mass is 10.0. The molecule has 0 aliphatic carbocycles. The third-order valence-corrected chi connectivity index (χ3v) is 5.13. The van der Waals surface area contributed by atoms with Gasteiger partial charge in [-0.3, -0.25) is 5.32 Å². The van der Waals surface area contributed by atoms with Crippen molar-refractivity contribution in [1.29, 1.82) is 0 Å². The van der Waals surface area contributed by atoms with Gasteiger partial charge in [-0.25, -0.2) is 19.7 Å². The molecule has 0 bridgehead atoms. The number of rotatable bonds is 5. The van der Waals surface area contributed by atoms with E-state index in [-0.39, 0.29) is 17.2 Å². The minimum absolute atomic E-state index is 0.150. The molecule has 2 aromatic rings. The van der Waals surface area contributed by atoms with Gasteiger partial charge < -0.3 is 19.7 Å². The molecule has 1 atom stereocenters. The van der Waals surface area contributed by atoms with Gasteiger partial charge in [-0.1, -0.05) is 0 Å². The fourth-order valence-electron chi connectivity index (χ4n) is 3.64. The number of pyridine rings is 1. The molecule has 9 nitrogen and oxygen atoms in total. The van der Waals surface area contributed by atoms with Gasteiger partial charge in [0.15, 0.2) is 0 Å². The fourth-order valence-corrected chi connectivity index (χ4v) is 3.64. The molecule has 1 saturated heterocycles. The summed E-state index contributed by atoms with van der Waals surface area (Å²) in [6.45, 7) is 1.13. The van der Waals surface area contributed by atoms with Gasteiger partial charge in [-0.2, -0.15) is 22.0 Å². The van der Waals surface area contributed by atoms with Crippen molar-refractivity contribution in [3.8, 4) is 11.4 Å². The summed E-state index contributed by atoms with van der Waals surface area (Å²) in [7, 11) is 1.11. The molecule has 4 heterocycles. The van der Waals surface area contributed by atoms with Crippen molar-refractivity contribution in [3.63, 3.8) is 0 Å². The number of nitrogens with one attached hydrogen (secondary N) is 2. The molecular weight excluding hydrogens is 455 g/mol. The number of amides is 1. The number of carbonyl (C=O) groups excluding carboxylic acids is 1. The highest BCUT2D eigenvalue weighted by atomic mass is 19.4. The van der Waals surface area contributed by atoms with Crippen molar-refractivity contribution in [2.24, 2.45) is 0 Å². The lowest BCUT2D eigenvalue weighted by Gasteiger charge is -2.30. The van der Waals surface area contributed by atoms with E-state index in [0.717, 1.165) is 19.5 Å². The molecule has 1 fully saturated rings. The van der Waals surface area contributed by atoms with Crippen LogP contribution in [0.15, 0.2) is 18.5 Å². The topological polar surface area (TPSA) is 102 Å². The van der Waals surface area contributed by atoms with Gasteiger partial charge in [0, 0.05) is 38.9 Å². The molecule has 0 saturated carbocycles. The van der Waals surface area contributed by atoms with Crippen LogP contribution in [0.25, 0.3) is 11.4 Å². The quantitative estimate of drug-likeness (QED) is 0.639.